The van der Waals surface area contributed by atoms with Crippen molar-refractivity contribution in [1.29, 1.82) is 0 Å². The van der Waals surface area contributed by atoms with E-state index in [0.717, 1.165) is 5.56 Å². The molecule has 2 heterocycles. The van der Waals surface area contributed by atoms with E-state index in [1.54, 1.807) is 6.07 Å². The molecule has 3 N–H and O–H groups in total. The van der Waals surface area contributed by atoms with Crippen LogP contribution in [0.25, 0.3) is 0 Å². The number of hydrogen-bond donors (Lipinski definition) is 3. The molecule has 1 saturated heterocycles. The van der Waals surface area contributed by atoms with Crippen molar-refractivity contribution in [2.45, 2.75) is 57.7 Å². The molecule has 2 aliphatic rings. The molecule has 0 bridgehead atoms. The predicted molar refractivity (Wildman–Crippen MR) is 104 cm³/mol. The Kier molecular flexibility index (Phi) is 3.88. The van der Waals surface area contributed by atoms with Gasteiger partial charge >= 0.3 is 6.03 Å². The van der Waals surface area contributed by atoms with Crippen LogP contribution in [-0.4, -0.2) is 22.4 Å². The van der Waals surface area contributed by atoms with Crippen LogP contribution in [0, 0.1) is 13.8 Å². The Hall–Kier alpha value is -2.69. The van der Waals surface area contributed by atoms with Crippen LogP contribution in [0.15, 0.2) is 36.4 Å². The van der Waals surface area contributed by atoms with Gasteiger partial charge in [-0.25, -0.2) is 4.79 Å². The van der Waals surface area contributed by atoms with Crippen molar-refractivity contribution in [2.75, 3.05) is 0 Å². The fourth-order valence-electron chi connectivity index (χ4n) is 4.42. The van der Waals surface area contributed by atoms with Crippen molar-refractivity contribution < 1.29 is 14.6 Å². The fraction of sp³-hybridized carbons (Fsp3) is 0.409. The average Bonchev–Trinajstić information content (AvgIpc) is 2.57. The second kappa shape index (κ2) is 5.91. The van der Waals surface area contributed by atoms with E-state index < -0.39 is 5.72 Å². The average molecular weight is 366 g/mol. The maximum absolute atomic E-state index is 12.4. The van der Waals surface area contributed by atoms with Crippen LogP contribution >= 0.6 is 0 Å². The van der Waals surface area contributed by atoms with E-state index in [-0.39, 0.29) is 23.2 Å². The SMILES string of the molecule is Cc1ccc([C@H]2C[C@]3(CC(C)(C)NC(=O)N3)Oc3c2ccc(O)c3C)cc1. The van der Waals surface area contributed by atoms with Crippen LogP contribution in [0.5, 0.6) is 11.5 Å². The summed E-state index contributed by atoms with van der Waals surface area (Å²) in [4.78, 5) is 12.4. The van der Waals surface area contributed by atoms with E-state index >= 15 is 0 Å². The molecule has 142 valence electrons. The van der Waals surface area contributed by atoms with Crippen molar-refractivity contribution >= 4 is 6.03 Å². The lowest BCUT2D eigenvalue weighted by atomic mass is 9.76. The van der Waals surface area contributed by atoms with Gasteiger partial charge in [-0.2, -0.15) is 0 Å². The van der Waals surface area contributed by atoms with Crippen LogP contribution in [-0.2, 0) is 0 Å². The third-order valence-corrected chi connectivity index (χ3v) is 5.61. The van der Waals surface area contributed by atoms with E-state index in [4.69, 9.17) is 4.74 Å². The molecule has 0 aromatic heterocycles. The third-order valence-electron chi connectivity index (χ3n) is 5.61. The zero-order valence-electron chi connectivity index (χ0n) is 16.2. The summed E-state index contributed by atoms with van der Waals surface area (Å²) in [6, 6.07) is 11.9. The van der Waals surface area contributed by atoms with Crippen molar-refractivity contribution in [3.8, 4) is 11.5 Å². The molecule has 2 atom stereocenters. The monoisotopic (exact) mass is 366 g/mol. The number of benzene rings is 2. The van der Waals surface area contributed by atoms with E-state index in [2.05, 4.69) is 41.8 Å². The Morgan fingerprint density at radius 3 is 2.44 bits per heavy atom. The lowest BCUT2D eigenvalue weighted by Gasteiger charge is -2.49. The molecule has 0 aliphatic carbocycles. The number of phenols is 1. The third kappa shape index (κ3) is 3.11. The van der Waals surface area contributed by atoms with Gasteiger partial charge in [0.1, 0.15) is 11.5 Å². The summed E-state index contributed by atoms with van der Waals surface area (Å²) in [7, 11) is 0. The van der Waals surface area contributed by atoms with E-state index in [0.29, 0.717) is 24.2 Å². The minimum absolute atomic E-state index is 0.0721. The first-order chi connectivity index (χ1) is 12.7. The highest BCUT2D eigenvalue weighted by Gasteiger charge is 2.50. The molecule has 27 heavy (non-hydrogen) atoms. The maximum atomic E-state index is 12.4. The molecule has 0 unspecified atom stereocenters. The van der Waals surface area contributed by atoms with Crippen molar-refractivity contribution in [3.05, 3.63) is 58.7 Å². The van der Waals surface area contributed by atoms with Gasteiger partial charge < -0.3 is 20.5 Å². The summed E-state index contributed by atoms with van der Waals surface area (Å²) in [6.45, 7) is 7.93. The Morgan fingerprint density at radius 1 is 1.07 bits per heavy atom. The number of aromatic hydroxyl groups is 1. The number of hydrogen-bond acceptors (Lipinski definition) is 3. The molecule has 0 radical (unpaired) electrons. The number of phenolic OH excluding ortho intramolecular Hbond substituents is 1. The minimum Gasteiger partial charge on any atom is -0.508 e. The van der Waals surface area contributed by atoms with Crippen LogP contribution in [0.4, 0.5) is 4.79 Å². The second-order valence-corrected chi connectivity index (χ2v) is 8.53. The van der Waals surface area contributed by atoms with Crippen LogP contribution in [0.1, 0.15) is 54.9 Å². The van der Waals surface area contributed by atoms with Gasteiger partial charge in [-0.3, -0.25) is 0 Å². The Morgan fingerprint density at radius 2 is 1.78 bits per heavy atom. The summed E-state index contributed by atoms with van der Waals surface area (Å²) in [5, 5.41) is 16.2. The molecular formula is C22H26N2O3. The number of amides is 2. The molecule has 2 aliphatic heterocycles. The number of nitrogens with one attached hydrogen (secondary N) is 2. The van der Waals surface area contributed by atoms with Gasteiger partial charge in [-0.1, -0.05) is 35.9 Å². The maximum Gasteiger partial charge on any atom is 0.318 e. The summed E-state index contributed by atoms with van der Waals surface area (Å²) >= 11 is 0. The van der Waals surface area contributed by atoms with Gasteiger partial charge in [0.15, 0.2) is 5.72 Å². The van der Waals surface area contributed by atoms with Crippen molar-refractivity contribution in [1.82, 2.24) is 10.6 Å². The lowest BCUT2D eigenvalue weighted by Crippen LogP contribution is -2.69. The molecule has 5 heteroatoms. The largest absolute Gasteiger partial charge is 0.508 e. The van der Waals surface area contributed by atoms with Gasteiger partial charge in [0, 0.05) is 35.4 Å². The molecule has 0 saturated carbocycles. The molecule has 4 rings (SSSR count). The Balaban J connectivity index is 1.86. The zero-order chi connectivity index (χ0) is 19.4. The highest BCUT2D eigenvalue weighted by atomic mass is 16.5. The number of urea groups is 1. The van der Waals surface area contributed by atoms with Gasteiger partial charge in [-0.15, -0.1) is 0 Å². The molecular weight excluding hydrogens is 340 g/mol. The standard InChI is InChI=1S/C22H26N2O3/c1-13-5-7-15(8-6-13)17-11-22(12-21(3,4)23-20(26)24-22)27-19-14(2)18(25)10-9-16(17)19/h5-10,17,25H,11-12H2,1-4H3,(H2,23,24,26)/t17-,22-/m1/s1. The number of fused-ring (bicyclic) bond motifs is 1. The first kappa shape index (κ1) is 17.7. The Bertz CT molecular complexity index is 905. The molecule has 5 nitrogen and oxygen atoms in total. The molecule has 1 fully saturated rings. The molecule has 1 spiro atoms. The second-order valence-electron chi connectivity index (χ2n) is 8.53. The van der Waals surface area contributed by atoms with E-state index in [1.165, 1.54) is 11.1 Å². The Labute approximate surface area is 159 Å². The van der Waals surface area contributed by atoms with Crippen LogP contribution in [0.2, 0.25) is 0 Å². The quantitative estimate of drug-likeness (QED) is 0.711. The number of rotatable bonds is 1. The summed E-state index contributed by atoms with van der Waals surface area (Å²) in [5.41, 5.74) is 2.94. The number of aryl methyl sites for hydroxylation is 1. The number of ether oxygens (including phenoxy) is 1. The van der Waals surface area contributed by atoms with Crippen molar-refractivity contribution in [3.63, 3.8) is 0 Å². The van der Waals surface area contributed by atoms with Gasteiger partial charge in [0.25, 0.3) is 0 Å². The van der Waals surface area contributed by atoms with Crippen molar-refractivity contribution in [2.24, 2.45) is 0 Å². The first-order valence-electron chi connectivity index (χ1n) is 9.36. The molecule has 2 aromatic carbocycles. The number of carbonyl (C=O) groups excluding carboxylic acids is 1. The number of carbonyl (C=O) groups is 1. The van der Waals surface area contributed by atoms with Crippen LogP contribution in [0.3, 0.4) is 0 Å². The fourth-order valence-corrected chi connectivity index (χ4v) is 4.42. The van der Waals surface area contributed by atoms with Gasteiger partial charge in [0.2, 0.25) is 0 Å². The van der Waals surface area contributed by atoms with E-state index in [9.17, 15) is 9.90 Å². The molecule has 2 amide bonds. The minimum atomic E-state index is -0.813. The lowest BCUT2D eigenvalue weighted by molar-refractivity contribution is -0.0241. The smallest absolute Gasteiger partial charge is 0.318 e. The topological polar surface area (TPSA) is 70.6 Å². The zero-order valence-corrected chi connectivity index (χ0v) is 16.2. The van der Waals surface area contributed by atoms with Gasteiger partial charge in [-0.05, 0) is 39.3 Å². The summed E-state index contributed by atoms with van der Waals surface area (Å²) in [5.74, 6) is 0.945. The highest BCUT2D eigenvalue weighted by molar-refractivity contribution is 5.77. The molecule has 2 aromatic rings. The summed E-state index contributed by atoms with van der Waals surface area (Å²) in [6.07, 6.45) is 1.27. The van der Waals surface area contributed by atoms with Crippen LogP contribution < -0.4 is 15.4 Å². The van der Waals surface area contributed by atoms with Gasteiger partial charge in [0.05, 0.1) is 0 Å². The highest BCUT2D eigenvalue weighted by Crippen LogP contribution is 2.49. The predicted octanol–water partition coefficient (Wildman–Crippen LogP) is 4.10. The summed E-state index contributed by atoms with van der Waals surface area (Å²) < 4.78 is 6.42. The first-order valence-corrected chi connectivity index (χ1v) is 9.36. The normalized spacial score (nSPS) is 25.9. The van der Waals surface area contributed by atoms with E-state index in [1.807, 2.05) is 26.8 Å².